The fraction of sp³-hybridized carbons (Fsp3) is 0.231. The van der Waals surface area contributed by atoms with E-state index < -0.39 is 6.36 Å². The van der Waals surface area contributed by atoms with Crippen molar-refractivity contribution in [1.82, 2.24) is 4.98 Å². The highest BCUT2D eigenvalue weighted by Gasteiger charge is 2.32. The topological polar surface area (TPSA) is 39.2 Å². The van der Waals surface area contributed by atoms with Crippen molar-refractivity contribution in [2.75, 3.05) is 0 Å². The van der Waals surface area contributed by atoms with E-state index in [1.54, 1.807) is 13.0 Å². The molecule has 20 heavy (non-hydrogen) atoms. The first-order valence-corrected chi connectivity index (χ1v) is 6.43. The van der Waals surface area contributed by atoms with Crippen LogP contribution in [0, 0.1) is 6.92 Å². The molecule has 0 N–H and O–H groups in total. The van der Waals surface area contributed by atoms with E-state index in [0.717, 1.165) is 11.3 Å². The zero-order chi connectivity index (χ0) is 14.9. The van der Waals surface area contributed by atoms with Crippen molar-refractivity contribution in [2.45, 2.75) is 20.2 Å². The minimum Gasteiger partial charge on any atom is -0.405 e. The molecule has 0 aliphatic carbocycles. The molecule has 0 fully saturated rings. The van der Waals surface area contributed by atoms with Crippen LogP contribution in [0.25, 0.3) is 10.6 Å². The molecule has 0 aliphatic rings. The van der Waals surface area contributed by atoms with E-state index in [9.17, 15) is 18.0 Å². The number of ketones is 1. The normalized spacial score (nSPS) is 11.4. The summed E-state index contributed by atoms with van der Waals surface area (Å²) >= 11 is 1.05. The number of hydrogen-bond donors (Lipinski definition) is 0. The summed E-state index contributed by atoms with van der Waals surface area (Å²) < 4.78 is 41.0. The number of thiazole rings is 1. The van der Waals surface area contributed by atoms with Gasteiger partial charge in [-0.2, -0.15) is 0 Å². The Bertz CT molecular complexity index is 649. The van der Waals surface area contributed by atoms with Crippen LogP contribution < -0.4 is 4.74 Å². The Balaban J connectivity index is 2.48. The van der Waals surface area contributed by atoms with Crippen molar-refractivity contribution in [1.29, 1.82) is 0 Å². The summed E-state index contributed by atoms with van der Waals surface area (Å²) in [6.07, 6.45) is -4.77. The van der Waals surface area contributed by atoms with Crippen molar-refractivity contribution >= 4 is 17.1 Å². The molecule has 106 valence electrons. The molecular weight excluding hydrogens is 291 g/mol. The third-order valence-electron chi connectivity index (χ3n) is 2.46. The number of aryl methyl sites for hydroxylation is 1. The zero-order valence-corrected chi connectivity index (χ0v) is 11.4. The minimum atomic E-state index is -4.77. The zero-order valence-electron chi connectivity index (χ0n) is 10.6. The predicted molar refractivity (Wildman–Crippen MR) is 69.0 cm³/mol. The lowest BCUT2D eigenvalue weighted by molar-refractivity contribution is -0.274. The summed E-state index contributed by atoms with van der Waals surface area (Å²) in [6.45, 7) is 3.03. The first kappa shape index (κ1) is 14.5. The number of rotatable bonds is 3. The van der Waals surface area contributed by atoms with Crippen LogP contribution in [0.1, 0.15) is 22.3 Å². The number of ether oxygens (including phenoxy) is 1. The number of hydrogen-bond acceptors (Lipinski definition) is 4. The molecule has 3 nitrogen and oxygen atoms in total. The first-order valence-electron chi connectivity index (χ1n) is 5.61. The molecule has 0 saturated heterocycles. The lowest BCUT2D eigenvalue weighted by atomic mass is 10.2. The van der Waals surface area contributed by atoms with Crippen LogP contribution in [0.4, 0.5) is 13.2 Å². The molecule has 1 heterocycles. The second kappa shape index (κ2) is 5.24. The number of carbonyl (C=O) groups is 1. The number of benzene rings is 1. The van der Waals surface area contributed by atoms with Gasteiger partial charge < -0.3 is 4.74 Å². The van der Waals surface area contributed by atoms with Gasteiger partial charge in [-0.05, 0) is 19.1 Å². The monoisotopic (exact) mass is 301 g/mol. The molecule has 0 unspecified atom stereocenters. The number of carbonyl (C=O) groups excluding carboxylic acids is 1. The van der Waals surface area contributed by atoms with Gasteiger partial charge in [0.05, 0.1) is 16.1 Å². The van der Waals surface area contributed by atoms with Gasteiger partial charge in [0, 0.05) is 6.92 Å². The molecule has 1 aromatic heterocycles. The van der Waals surface area contributed by atoms with E-state index in [4.69, 9.17) is 0 Å². The maximum atomic E-state index is 12.4. The van der Waals surface area contributed by atoms with Crippen LogP contribution in [-0.2, 0) is 0 Å². The summed E-state index contributed by atoms with van der Waals surface area (Å²) in [7, 11) is 0. The van der Waals surface area contributed by atoms with Crippen LogP contribution >= 0.6 is 11.3 Å². The maximum Gasteiger partial charge on any atom is 0.573 e. The van der Waals surface area contributed by atoms with Crippen molar-refractivity contribution < 1.29 is 22.7 Å². The molecule has 0 atom stereocenters. The first-order chi connectivity index (χ1) is 9.28. The van der Waals surface area contributed by atoms with Gasteiger partial charge in [-0.15, -0.1) is 24.5 Å². The number of para-hydroxylation sites is 1. The van der Waals surface area contributed by atoms with E-state index in [1.807, 2.05) is 0 Å². The number of alkyl halides is 3. The van der Waals surface area contributed by atoms with Crippen molar-refractivity contribution in [2.24, 2.45) is 0 Å². The largest absolute Gasteiger partial charge is 0.573 e. The van der Waals surface area contributed by atoms with Gasteiger partial charge in [-0.25, -0.2) is 4.98 Å². The lowest BCUT2D eigenvalue weighted by Crippen LogP contribution is -2.17. The second-order valence-electron chi connectivity index (χ2n) is 4.03. The minimum absolute atomic E-state index is 0.166. The van der Waals surface area contributed by atoms with Crippen LogP contribution in [0.5, 0.6) is 5.75 Å². The Hall–Kier alpha value is -1.89. The van der Waals surface area contributed by atoms with Crippen molar-refractivity contribution in [3.63, 3.8) is 0 Å². The SMILES string of the molecule is CC(=O)c1sc(-c2ccccc2OC(F)(F)F)nc1C. The quantitative estimate of drug-likeness (QED) is 0.797. The number of Topliss-reactive ketones (excluding diaryl/α,β-unsaturated/α-hetero) is 1. The molecule has 0 saturated carbocycles. The molecule has 0 bridgehead atoms. The van der Waals surface area contributed by atoms with Crippen molar-refractivity contribution in [3.8, 4) is 16.3 Å². The van der Waals surface area contributed by atoms with Gasteiger partial charge in [-0.3, -0.25) is 4.79 Å². The van der Waals surface area contributed by atoms with Crippen LogP contribution in [0.2, 0.25) is 0 Å². The number of halogens is 3. The summed E-state index contributed by atoms with van der Waals surface area (Å²) in [5.41, 5.74) is 0.713. The van der Waals surface area contributed by atoms with E-state index >= 15 is 0 Å². The van der Waals surface area contributed by atoms with E-state index in [0.29, 0.717) is 15.6 Å². The van der Waals surface area contributed by atoms with E-state index in [-0.39, 0.29) is 17.1 Å². The molecule has 7 heteroatoms. The van der Waals surface area contributed by atoms with E-state index in [2.05, 4.69) is 9.72 Å². The summed E-state index contributed by atoms with van der Waals surface area (Å²) in [5.74, 6) is -0.496. The number of nitrogens with zero attached hydrogens (tertiary/aromatic N) is 1. The molecule has 2 aromatic rings. The van der Waals surface area contributed by atoms with Gasteiger partial charge in [0.2, 0.25) is 0 Å². The lowest BCUT2D eigenvalue weighted by Gasteiger charge is -2.11. The maximum absolute atomic E-state index is 12.4. The van der Waals surface area contributed by atoms with E-state index in [1.165, 1.54) is 25.1 Å². The highest BCUT2D eigenvalue weighted by Crippen LogP contribution is 2.36. The smallest absolute Gasteiger partial charge is 0.405 e. The highest BCUT2D eigenvalue weighted by molar-refractivity contribution is 7.17. The molecule has 0 amide bonds. The molecule has 2 rings (SSSR count). The average molecular weight is 301 g/mol. The third-order valence-corrected chi connectivity index (χ3v) is 3.75. The molecule has 0 radical (unpaired) electrons. The summed E-state index contributed by atoms with van der Waals surface area (Å²) in [6, 6.07) is 5.72. The number of aromatic nitrogens is 1. The van der Waals surface area contributed by atoms with Crippen molar-refractivity contribution in [3.05, 3.63) is 34.8 Å². The predicted octanol–water partition coefficient (Wildman–Crippen LogP) is 4.22. The van der Waals surface area contributed by atoms with Gasteiger partial charge in [0.1, 0.15) is 10.8 Å². The van der Waals surface area contributed by atoms with Gasteiger partial charge in [0.25, 0.3) is 0 Å². The Morgan fingerprint density at radius 2 is 1.95 bits per heavy atom. The Morgan fingerprint density at radius 3 is 2.50 bits per heavy atom. The fourth-order valence-electron chi connectivity index (χ4n) is 1.70. The highest BCUT2D eigenvalue weighted by atomic mass is 32.1. The molecule has 0 aliphatic heterocycles. The average Bonchev–Trinajstić information content (AvgIpc) is 2.70. The molecule has 0 spiro atoms. The molecular formula is C13H10F3NO2S. The van der Waals surface area contributed by atoms with Gasteiger partial charge in [-0.1, -0.05) is 12.1 Å². The summed E-state index contributed by atoms with van der Waals surface area (Å²) in [4.78, 5) is 16.0. The molecule has 1 aromatic carbocycles. The standard InChI is InChI=1S/C13H10F3NO2S/c1-7-11(8(2)18)20-12(17-7)9-5-3-4-6-10(9)19-13(14,15)16/h3-6H,1-2H3. The fourth-order valence-corrected chi connectivity index (χ4v) is 2.69. The Labute approximate surface area is 117 Å². The van der Waals surface area contributed by atoms with Crippen LogP contribution in [0.15, 0.2) is 24.3 Å². The van der Waals surface area contributed by atoms with Gasteiger partial charge in [0.15, 0.2) is 5.78 Å². The second-order valence-corrected chi connectivity index (χ2v) is 5.03. The summed E-state index contributed by atoms with van der Waals surface area (Å²) in [5, 5.41) is 0.326. The third kappa shape index (κ3) is 3.16. The van der Waals surface area contributed by atoms with Gasteiger partial charge >= 0.3 is 6.36 Å². The van der Waals surface area contributed by atoms with Crippen LogP contribution in [0.3, 0.4) is 0 Å². The Morgan fingerprint density at radius 1 is 1.30 bits per heavy atom. The Kier molecular flexibility index (Phi) is 3.80. The van der Waals surface area contributed by atoms with Crippen LogP contribution in [-0.4, -0.2) is 17.1 Å².